The standard InChI is InChI=1S/C7H13NO2/c1-6(9)8-4-3-7(5-8)10-2/h7H,3-5H2,1-2H3/t7-/m1/s1. The molecule has 1 aliphatic heterocycles. The molecular formula is C7H13NO2. The van der Waals surface area contributed by atoms with E-state index in [-0.39, 0.29) is 12.0 Å². The first kappa shape index (κ1) is 7.54. The number of methoxy groups -OCH3 is 1. The second-order valence-electron chi connectivity index (χ2n) is 2.61. The highest BCUT2D eigenvalue weighted by molar-refractivity contribution is 5.73. The Bertz CT molecular complexity index is 136. The van der Waals surface area contributed by atoms with E-state index in [0.29, 0.717) is 0 Å². The fourth-order valence-electron chi connectivity index (χ4n) is 1.21. The number of ether oxygens (including phenoxy) is 1. The van der Waals surface area contributed by atoms with Gasteiger partial charge in [0.1, 0.15) is 0 Å². The second kappa shape index (κ2) is 3.01. The maximum atomic E-state index is 10.8. The Morgan fingerprint density at radius 2 is 2.40 bits per heavy atom. The summed E-state index contributed by atoms with van der Waals surface area (Å²) in [6.45, 7) is 3.22. The first-order chi connectivity index (χ1) is 4.74. The van der Waals surface area contributed by atoms with Gasteiger partial charge in [-0.1, -0.05) is 0 Å². The number of nitrogens with zero attached hydrogens (tertiary/aromatic N) is 1. The average molecular weight is 143 g/mol. The Balaban J connectivity index is 2.35. The molecule has 0 radical (unpaired) electrons. The smallest absolute Gasteiger partial charge is 0.219 e. The van der Waals surface area contributed by atoms with Gasteiger partial charge in [0.15, 0.2) is 0 Å². The molecule has 0 unspecified atom stereocenters. The monoisotopic (exact) mass is 143 g/mol. The lowest BCUT2D eigenvalue weighted by Crippen LogP contribution is -2.27. The molecule has 3 heteroatoms. The van der Waals surface area contributed by atoms with E-state index in [4.69, 9.17) is 4.74 Å². The molecule has 0 N–H and O–H groups in total. The van der Waals surface area contributed by atoms with E-state index in [0.717, 1.165) is 19.5 Å². The summed E-state index contributed by atoms with van der Waals surface area (Å²) < 4.78 is 5.10. The molecular weight excluding hydrogens is 130 g/mol. The zero-order valence-electron chi connectivity index (χ0n) is 6.46. The van der Waals surface area contributed by atoms with Gasteiger partial charge in [-0.15, -0.1) is 0 Å². The molecule has 0 saturated carbocycles. The van der Waals surface area contributed by atoms with Crippen molar-refractivity contribution >= 4 is 5.91 Å². The van der Waals surface area contributed by atoms with E-state index in [1.54, 1.807) is 14.0 Å². The average Bonchev–Trinajstić information content (AvgIpc) is 2.34. The van der Waals surface area contributed by atoms with Crippen LogP contribution in [0.4, 0.5) is 0 Å². The third kappa shape index (κ3) is 1.48. The molecule has 10 heavy (non-hydrogen) atoms. The molecule has 1 rings (SSSR count). The van der Waals surface area contributed by atoms with E-state index in [9.17, 15) is 4.79 Å². The third-order valence-electron chi connectivity index (χ3n) is 1.92. The summed E-state index contributed by atoms with van der Waals surface area (Å²) in [6.07, 6.45) is 1.25. The van der Waals surface area contributed by atoms with Crippen LogP contribution in [0.5, 0.6) is 0 Å². The molecule has 3 nitrogen and oxygen atoms in total. The molecule has 1 fully saturated rings. The van der Waals surface area contributed by atoms with E-state index >= 15 is 0 Å². The minimum atomic E-state index is 0.152. The zero-order valence-corrected chi connectivity index (χ0v) is 6.46. The molecule has 0 aromatic rings. The van der Waals surface area contributed by atoms with Crippen LogP contribution in [0.25, 0.3) is 0 Å². The quantitative estimate of drug-likeness (QED) is 0.526. The van der Waals surface area contributed by atoms with Crippen LogP contribution < -0.4 is 0 Å². The maximum Gasteiger partial charge on any atom is 0.219 e. The predicted octanol–water partition coefficient (Wildman–Crippen LogP) is 0.254. The first-order valence-corrected chi connectivity index (χ1v) is 3.52. The molecule has 58 valence electrons. The summed E-state index contributed by atoms with van der Waals surface area (Å²) in [4.78, 5) is 12.6. The van der Waals surface area contributed by atoms with E-state index < -0.39 is 0 Å². The van der Waals surface area contributed by atoms with E-state index in [2.05, 4.69) is 0 Å². The molecule has 0 aromatic carbocycles. The zero-order chi connectivity index (χ0) is 7.56. The van der Waals surface area contributed by atoms with Crippen molar-refractivity contribution in [2.75, 3.05) is 20.2 Å². The van der Waals surface area contributed by atoms with Crippen molar-refractivity contribution in [3.8, 4) is 0 Å². The van der Waals surface area contributed by atoms with Crippen LogP contribution in [0.3, 0.4) is 0 Å². The van der Waals surface area contributed by atoms with Gasteiger partial charge >= 0.3 is 0 Å². The maximum absolute atomic E-state index is 10.8. The molecule has 1 aliphatic rings. The first-order valence-electron chi connectivity index (χ1n) is 3.52. The van der Waals surface area contributed by atoms with Crippen molar-refractivity contribution in [3.63, 3.8) is 0 Å². The highest BCUT2D eigenvalue weighted by Crippen LogP contribution is 2.10. The number of carbonyl (C=O) groups excluding carboxylic acids is 1. The predicted molar refractivity (Wildman–Crippen MR) is 37.7 cm³/mol. The summed E-state index contributed by atoms with van der Waals surface area (Å²) >= 11 is 0. The van der Waals surface area contributed by atoms with Gasteiger partial charge in [-0.2, -0.15) is 0 Å². The Morgan fingerprint density at radius 3 is 2.70 bits per heavy atom. The van der Waals surface area contributed by atoms with Gasteiger partial charge in [0.25, 0.3) is 0 Å². The van der Waals surface area contributed by atoms with Crippen molar-refractivity contribution in [1.29, 1.82) is 0 Å². The highest BCUT2D eigenvalue weighted by atomic mass is 16.5. The van der Waals surface area contributed by atoms with Gasteiger partial charge < -0.3 is 9.64 Å². The molecule has 1 atom stereocenters. The normalized spacial score (nSPS) is 25.4. The summed E-state index contributed by atoms with van der Waals surface area (Å²) in [5.74, 6) is 0.152. The fourth-order valence-corrected chi connectivity index (χ4v) is 1.21. The minimum Gasteiger partial charge on any atom is -0.380 e. The van der Waals surface area contributed by atoms with Crippen molar-refractivity contribution in [2.45, 2.75) is 19.4 Å². The number of carbonyl (C=O) groups is 1. The summed E-state index contributed by atoms with van der Waals surface area (Å²) in [7, 11) is 1.69. The Morgan fingerprint density at radius 1 is 1.70 bits per heavy atom. The number of rotatable bonds is 1. The highest BCUT2D eigenvalue weighted by Gasteiger charge is 2.23. The molecule has 0 aromatic heterocycles. The largest absolute Gasteiger partial charge is 0.380 e. The van der Waals surface area contributed by atoms with Gasteiger partial charge in [-0.05, 0) is 6.42 Å². The van der Waals surface area contributed by atoms with E-state index in [1.807, 2.05) is 4.90 Å². The van der Waals surface area contributed by atoms with Crippen LogP contribution in [-0.2, 0) is 9.53 Å². The Kier molecular flexibility index (Phi) is 2.27. The topological polar surface area (TPSA) is 29.5 Å². The van der Waals surface area contributed by atoms with Crippen LogP contribution in [0.15, 0.2) is 0 Å². The second-order valence-corrected chi connectivity index (χ2v) is 2.61. The van der Waals surface area contributed by atoms with Gasteiger partial charge in [0.05, 0.1) is 6.10 Å². The van der Waals surface area contributed by atoms with Crippen molar-refractivity contribution in [1.82, 2.24) is 4.90 Å². The SMILES string of the molecule is CO[C@@H]1CCN(C(C)=O)C1. The number of amides is 1. The van der Waals surface area contributed by atoms with Crippen LogP contribution in [0.2, 0.25) is 0 Å². The number of hydrogen-bond donors (Lipinski definition) is 0. The lowest BCUT2D eigenvalue weighted by molar-refractivity contribution is -0.128. The van der Waals surface area contributed by atoms with Gasteiger partial charge in [-0.25, -0.2) is 0 Å². The number of likely N-dealkylation sites (tertiary alicyclic amines) is 1. The van der Waals surface area contributed by atoms with Crippen LogP contribution in [-0.4, -0.2) is 37.1 Å². The Labute approximate surface area is 61.0 Å². The van der Waals surface area contributed by atoms with Crippen LogP contribution in [0, 0.1) is 0 Å². The molecule has 1 saturated heterocycles. The van der Waals surface area contributed by atoms with Crippen LogP contribution >= 0.6 is 0 Å². The third-order valence-corrected chi connectivity index (χ3v) is 1.92. The van der Waals surface area contributed by atoms with Gasteiger partial charge in [0, 0.05) is 27.1 Å². The molecule has 0 aliphatic carbocycles. The lowest BCUT2D eigenvalue weighted by Gasteiger charge is -2.12. The van der Waals surface area contributed by atoms with Gasteiger partial charge in [0.2, 0.25) is 5.91 Å². The summed E-state index contributed by atoms with van der Waals surface area (Å²) in [6, 6.07) is 0. The lowest BCUT2D eigenvalue weighted by atomic mass is 10.3. The number of hydrogen-bond acceptors (Lipinski definition) is 2. The molecule has 0 spiro atoms. The van der Waals surface area contributed by atoms with Crippen LogP contribution in [0.1, 0.15) is 13.3 Å². The van der Waals surface area contributed by atoms with Gasteiger partial charge in [-0.3, -0.25) is 4.79 Å². The van der Waals surface area contributed by atoms with E-state index in [1.165, 1.54) is 0 Å². The van der Waals surface area contributed by atoms with Crippen molar-refractivity contribution in [2.24, 2.45) is 0 Å². The molecule has 1 amide bonds. The molecule has 0 bridgehead atoms. The van der Waals surface area contributed by atoms with Crippen molar-refractivity contribution in [3.05, 3.63) is 0 Å². The fraction of sp³-hybridized carbons (Fsp3) is 0.857. The minimum absolute atomic E-state index is 0.152. The Hall–Kier alpha value is -0.570. The molecule has 1 heterocycles. The summed E-state index contributed by atoms with van der Waals surface area (Å²) in [5, 5.41) is 0. The summed E-state index contributed by atoms with van der Waals surface area (Å²) in [5.41, 5.74) is 0. The van der Waals surface area contributed by atoms with Crippen molar-refractivity contribution < 1.29 is 9.53 Å².